The number of nitrogens with two attached hydrogens (primary N) is 1. The third-order valence-electron chi connectivity index (χ3n) is 2.60. The van der Waals surface area contributed by atoms with Crippen LogP contribution in [0.2, 0.25) is 0 Å². The van der Waals surface area contributed by atoms with Crippen LogP contribution in [-0.2, 0) is 4.79 Å². The lowest BCUT2D eigenvalue weighted by atomic mass is 10.1. The van der Waals surface area contributed by atoms with Crippen LogP contribution in [0.1, 0.15) is 23.2 Å². The molecule has 1 unspecified atom stereocenters. The van der Waals surface area contributed by atoms with Crippen LogP contribution in [0.25, 0.3) is 0 Å². The van der Waals surface area contributed by atoms with Crippen molar-refractivity contribution in [3.63, 3.8) is 0 Å². The molecule has 98 valence electrons. The molecule has 1 atom stereocenters. The predicted octanol–water partition coefficient (Wildman–Crippen LogP) is 0.270. The Kier molecular flexibility index (Phi) is 5.87. The summed E-state index contributed by atoms with van der Waals surface area (Å²) in [6.45, 7) is 0.495. The van der Waals surface area contributed by atoms with Crippen molar-refractivity contribution in [2.24, 2.45) is 5.73 Å². The van der Waals surface area contributed by atoms with Gasteiger partial charge in [0.05, 0.1) is 0 Å². The first kappa shape index (κ1) is 14.2. The largest absolute Gasteiger partial charge is 0.357 e. The minimum absolute atomic E-state index is 0.201. The molecule has 0 aromatic heterocycles. The summed E-state index contributed by atoms with van der Waals surface area (Å²) in [5.74, 6) is -0.450. The third kappa shape index (κ3) is 4.18. The number of nitrogens with one attached hydrogen (secondary N) is 2. The molecule has 0 saturated carbocycles. The number of carbonyl (C=O) groups excluding carboxylic acids is 2. The Morgan fingerprint density at radius 3 is 2.50 bits per heavy atom. The lowest BCUT2D eigenvalue weighted by Crippen LogP contribution is -2.45. The van der Waals surface area contributed by atoms with Crippen LogP contribution >= 0.6 is 0 Å². The molecule has 0 fully saturated rings. The minimum Gasteiger partial charge on any atom is -0.357 e. The Labute approximate surface area is 107 Å². The molecular weight excluding hydrogens is 230 g/mol. The zero-order valence-electron chi connectivity index (χ0n) is 10.5. The summed E-state index contributed by atoms with van der Waals surface area (Å²) in [5.41, 5.74) is 5.96. The van der Waals surface area contributed by atoms with E-state index in [0.29, 0.717) is 24.9 Å². The smallest absolute Gasteiger partial charge is 0.251 e. The Balaban J connectivity index is 2.65. The van der Waals surface area contributed by atoms with E-state index in [-0.39, 0.29) is 11.8 Å². The van der Waals surface area contributed by atoms with E-state index in [4.69, 9.17) is 5.73 Å². The SMILES string of the molecule is CNC(=O)C(CCCN)NC(=O)c1ccccc1. The molecule has 5 heteroatoms. The summed E-state index contributed by atoms with van der Waals surface area (Å²) in [6.07, 6.45) is 1.22. The van der Waals surface area contributed by atoms with Gasteiger partial charge in [-0.2, -0.15) is 0 Å². The molecule has 4 N–H and O–H groups in total. The van der Waals surface area contributed by atoms with Gasteiger partial charge < -0.3 is 16.4 Å². The van der Waals surface area contributed by atoms with Crippen LogP contribution in [0.15, 0.2) is 30.3 Å². The van der Waals surface area contributed by atoms with Crippen molar-refractivity contribution in [1.82, 2.24) is 10.6 Å². The molecule has 1 aromatic carbocycles. The summed E-state index contributed by atoms with van der Waals surface area (Å²) < 4.78 is 0. The first-order valence-corrected chi connectivity index (χ1v) is 5.96. The van der Waals surface area contributed by atoms with Crippen molar-refractivity contribution in [3.8, 4) is 0 Å². The zero-order valence-corrected chi connectivity index (χ0v) is 10.5. The number of benzene rings is 1. The van der Waals surface area contributed by atoms with E-state index in [9.17, 15) is 9.59 Å². The molecule has 0 heterocycles. The van der Waals surface area contributed by atoms with Gasteiger partial charge in [0.2, 0.25) is 5.91 Å². The summed E-state index contributed by atoms with van der Waals surface area (Å²) in [4.78, 5) is 23.5. The van der Waals surface area contributed by atoms with Crippen molar-refractivity contribution >= 4 is 11.8 Å². The number of hydrogen-bond donors (Lipinski definition) is 3. The van der Waals surface area contributed by atoms with Gasteiger partial charge in [-0.05, 0) is 31.5 Å². The number of rotatable bonds is 6. The van der Waals surface area contributed by atoms with Crippen LogP contribution in [0.5, 0.6) is 0 Å². The van der Waals surface area contributed by atoms with Crippen molar-refractivity contribution in [2.45, 2.75) is 18.9 Å². The molecule has 0 spiro atoms. The highest BCUT2D eigenvalue weighted by Crippen LogP contribution is 2.02. The molecular formula is C13H19N3O2. The van der Waals surface area contributed by atoms with Crippen molar-refractivity contribution in [1.29, 1.82) is 0 Å². The second kappa shape index (κ2) is 7.45. The fourth-order valence-corrected chi connectivity index (χ4v) is 1.60. The number of amides is 2. The van der Waals surface area contributed by atoms with Gasteiger partial charge in [0.15, 0.2) is 0 Å². The van der Waals surface area contributed by atoms with Gasteiger partial charge in [-0.15, -0.1) is 0 Å². The minimum atomic E-state index is -0.536. The van der Waals surface area contributed by atoms with Crippen molar-refractivity contribution in [2.75, 3.05) is 13.6 Å². The van der Waals surface area contributed by atoms with Gasteiger partial charge in [0.1, 0.15) is 6.04 Å². The second-order valence-electron chi connectivity index (χ2n) is 3.94. The second-order valence-corrected chi connectivity index (χ2v) is 3.94. The zero-order chi connectivity index (χ0) is 13.4. The Morgan fingerprint density at radius 1 is 1.28 bits per heavy atom. The van der Waals surface area contributed by atoms with E-state index in [0.717, 1.165) is 0 Å². The summed E-state index contributed by atoms with van der Waals surface area (Å²) in [7, 11) is 1.55. The highest BCUT2D eigenvalue weighted by molar-refractivity contribution is 5.97. The third-order valence-corrected chi connectivity index (χ3v) is 2.60. The average molecular weight is 249 g/mol. The van der Waals surface area contributed by atoms with Gasteiger partial charge in [0, 0.05) is 12.6 Å². The van der Waals surface area contributed by atoms with Crippen molar-refractivity contribution < 1.29 is 9.59 Å². The maximum absolute atomic E-state index is 11.9. The Bertz CT molecular complexity index is 392. The average Bonchev–Trinajstić information content (AvgIpc) is 2.43. The summed E-state index contributed by atoms with van der Waals surface area (Å²) in [5, 5.41) is 5.25. The summed E-state index contributed by atoms with van der Waals surface area (Å²) >= 11 is 0. The van der Waals surface area contributed by atoms with Crippen LogP contribution in [0.3, 0.4) is 0 Å². The normalized spacial score (nSPS) is 11.7. The molecule has 0 radical (unpaired) electrons. The van der Waals surface area contributed by atoms with Crippen LogP contribution in [0.4, 0.5) is 0 Å². The van der Waals surface area contributed by atoms with E-state index >= 15 is 0 Å². The van der Waals surface area contributed by atoms with E-state index in [2.05, 4.69) is 10.6 Å². The molecule has 0 bridgehead atoms. The van der Waals surface area contributed by atoms with E-state index in [1.165, 1.54) is 0 Å². The number of likely N-dealkylation sites (N-methyl/N-ethyl adjacent to an activating group) is 1. The van der Waals surface area contributed by atoms with Gasteiger partial charge in [-0.3, -0.25) is 9.59 Å². The lowest BCUT2D eigenvalue weighted by Gasteiger charge is -2.16. The first-order valence-electron chi connectivity index (χ1n) is 5.96. The fraction of sp³-hybridized carbons (Fsp3) is 0.385. The number of hydrogen-bond acceptors (Lipinski definition) is 3. The maximum Gasteiger partial charge on any atom is 0.251 e. The van der Waals surface area contributed by atoms with E-state index < -0.39 is 6.04 Å². The molecule has 0 aliphatic heterocycles. The van der Waals surface area contributed by atoms with Crippen LogP contribution < -0.4 is 16.4 Å². The molecule has 0 aliphatic rings. The summed E-state index contributed by atoms with van der Waals surface area (Å²) in [6, 6.07) is 8.28. The quantitative estimate of drug-likeness (QED) is 0.676. The van der Waals surface area contributed by atoms with Crippen LogP contribution in [-0.4, -0.2) is 31.4 Å². The van der Waals surface area contributed by atoms with Gasteiger partial charge in [-0.25, -0.2) is 0 Å². The number of carbonyl (C=O) groups is 2. The van der Waals surface area contributed by atoms with Gasteiger partial charge in [0.25, 0.3) is 5.91 Å². The predicted molar refractivity (Wildman–Crippen MR) is 70.1 cm³/mol. The molecule has 0 aliphatic carbocycles. The van der Waals surface area contributed by atoms with E-state index in [1.807, 2.05) is 6.07 Å². The maximum atomic E-state index is 11.9. The van der Waals surface area contributed by atoms with Gasteiger partial charge >= 0.3 is 0 Å². The Morgan fingerprint density at radius 2 is 1.94 bits per heavy atom. The molecule has 2 amide bonds. The lowest BCUT2D eigenvalue weighted by molar-refractivity contribution is -0.122. The fourth-order valence-electron chi connectivity index (χ4n) is 1.60. The monoisotopic (exact) mass is 249 g/mol. The molecule has 18 heavy (non-hydrogen) atoms. The Hall–Kier alpha value is -1.88. The topological polar surface area (TPSA) is 84.2 Å². The highest BCUT2D eigenvalue weighted by Gasteiger charge is 2.19. The molecule has 1 aromatic rings. The molecule has 1 rings (SSSR count). The molecule has 0 saturated heterocycles. The first-order chi connectivity index (χ1) is 8.69. The van der Waals surface area contributed by atoms with Crippen LogP contribution in [0, 0.1) is 0 Å². The van der Waals surface area contributed by atoms with Gasteiger partial charge in [-0.1, -0.05) is 18.2 Å². The molecule has 5 nitrogen and oxygen atoms in total. The van der Waals surface area contributed by atoms with E-state index in [1.54, 1.807) is 31.3 Å². The highest BCUT2D eigenvalue weighted by atomic mass is 16.2. The standard InChI is InChI=1S/C13H19N3O2/c1-15-13(18)11(8-5-9-14)16-12(17)10-6-3-2-4-7-10/h2-4,6-7,11H,5,8-9,14H2,1H3,(H,15,18)(H,16,17). The van der Waals surface area contributed by atoms with Crippen molar-refractivity contribution in [3.05, 3.63) is 35.9 Å².